The van der Waals surface area contributed by atoms with Crippen molar-refractivity contribution in [2.75, 3.05) is 0 Å². The molecule has 0 amide bonds. The van der Waals surface area contributed by atoms with Crippen molar-refractivity contribution in [2.24, 2.45) is 17.1 Å². The van der Waals surface area contributed by atoms with Gasteiger partial charge in [-0.3, -0.25) is 0 Å². The van der Waals surface area contributed by atoms with Crippen LogP contribution in [0.15, 0.2) is 47.2 Å². The minimum absolute atomic E-state index is 0.0449. The summed E-state index contributed by atoms with van der Waals surface area (Å²) in [4.78, 5) is 0. The number of hydrogen-bond donors (Lipinski definition) is 1. The molecule has 0 unspecified atom stereocenters. The molecule has 0 heterocycles. The Bertz CT molecular complexity index is 953. The molecule has 0 saturated carbocycles. The first-order valence-corrected chi connectivity index (χ1v) is 8.41. The zero-order chi connectivity index (χ0) is 19.8. The van der Waals surface area contributed by atoms with Gasteiger partial charge in [-0.1, -0.05) is 24.3 Å². The second-order valence-electron chi connectivity index (χ2n) is 6.69. The topological polar surface area (TPSA) is 97.4 Å². The average molecular weight is 368 g/mol. The van der Waals surface area contributed by atoms with Crippen molar-refractivity contribution in [1.82, 2.24) is 0 Å². The number of allylic oxidation sites excluding steroid dienone is 4. The van der Waals surface area contributed by atoms with E-state index in [-0.39, 0.29) is 16.8 Å². The zero-order valence-corrected chi connectivity index (χ0v) is 14.2. The number of benzene rings is 1. The summed E-state index contributed by atoms with van der Waals surface area (Å²) < 4.78 is 41.0. The van der Waals surface area contributed by atoms with E-state index in [0.29, 0.717) is 24.8 Å². The fourth-order valence-corrected chi connectivity index (χ4v) is 4.24. The molecule has 2 atom stereocenters. The van der Waals surface area contributed by atoms with E-state index >= 15 is 0 Å². The van der Waals surface area contributed by atoms with Crippen LogP contribution in [0.3, 0.4) is 0 Å². The lowest BCUT2D eigenvalue weighted by molar-refractivity contribution is -0.138. The van der Waals surface area contributed by atoms with Gasteiger partial charge in [0, 0.05) is 5.92 Å². The summed E-state index contributed by atoms with van der Waals surface area (Å²) in [6.45, 7) is 0. The summed E-state index contributed by atoms with van der Waals surface area (Å²) >= 11 is 0. The predicted octanol–water partition coefficient (Wildman–Crippen LogP) is 4.30. The molecule has 27 heavy (non-hydrogen) atoms. The average Bonchev–Trinajstić information content (AvgIpc) is 2.66. The van der Waals surface area contributed by atoms with Crippen molar-refractivity contribution in [1.29, 1.82) is 15.8 Å². The SMILES string of the molecule is N#CC1=C(N)C(C#N)(C#N)[C@@H](c2ccccc2C(F)(F)F)[C@H]2CCCC=C12. The summed E-state index contributed by atoms with van der Waals surface area (Å²) in [6, 6.07) is 10.6. The van der Waals surface area contributed by atoms with E-state index in [1.807, 2.05) is 18.2 Å². The molecular formula is C20H15F3N4. The monoisotopic (exact) mass is 368 g/mol. The van der Waals surface area contributed by atoms with Crippen LogP contribution in [0.2, 0.25) is 0 Å². The van der Waals surface area contributed by atoms with Crippen LogP contribution in [0.25, 0.3) is 0 Å². The Balaban J connectivity index is 2.39. The number of nitrogens with zero attached hydrogens (tertiary/aromatic N) is 3. The fraction of sp³-hybridized carbons (Fsp3) is 0.350. The molecule has 0 aromatic heterocycles. The van der Waals surface area contributed by atoms with E-state index in [9.17, 15) is 29.0 Å². The Hall–Kier alpha value is -3.24. The van der Waals surface area contributed by atoms with Crippen LogP contribution in [-0.2, 0) is 6.18 Å². The molecule has 3 rings (SSSR count). The van der Waals surface area contributed by atoms with Crippen LogP contribution >= 0.6 is 0 Å². The number of fused-ring (bicyclic) bond motifs is 1. The van der Waals surface area contributed by atoms with Crippen molar-refractivity contribution in [2.45, 2.75) is 31.4 Å². The Morgan fingerprint density at radius 3 is 2.37 bits per heavy atom. The highest BCUT2D eigenvalue weighted by molar-refractivity contribution is 5.59. The Morgan fingerprint density at radius 1 is 1.11 bits per heavy atom. The second-order valence-corrected chi connectivity index (χ2v) is 6.69. The molecule has 1 aromatic carbocycles. The maximum absolute atomic E-state index is 13.7. The van der Waals surface area contributed by atoms with Gasteiger partial charge in [0.2, 0.25) is 0 Å². The predicted molar refractivity (Wildman–Crippen MR) is 90.1 cm³/mol. The van der Waals surface area contributed by atoms with Crippen molar-refractivity contribution in [3.8, 4) is 18.2 Å². The molecule has 0 bridgehead atoms. The highest BCUT2D eigenvalue weighted by Gasteiger charge is 2.55. The van der Waals surface area contributed by atoms with Gasteiger partial charge in [-0.05, 0) is 42.4 Å². The summed E-state index contributed by atoms with van der Waals surface area (Å²) in [6.07, 6.45) is -0.998. The van der Waals surface area contributed by atoms with Gasteiger partial charge in [-0.2, -0.15) is 29.0 Å². The summed E-state index contributed by atoms with van der Waals surface area (Å²) in [5, 5.41) is 29.2. The van der Waals surface area contributed by atoms with Crippen molar-refractivity contribution in [3.63, 3.8) is 0 Å². The number of alkyl halides is 3. The van der Waals surface area contributed by atoms with Crippen molar-refractivity contribution in [3.05, 3.63) is 58.3 Å². The van der Waals surface area contributed by atoms with Gasteiger partial charge in [0.15, 0.2) is 5.41 Å². The molecule has 2 N–H and O–H groups in total. The minimum atomic E-state index is -4.64. The maximum Gasteiger partial charge on any atom is 0.416 e. The third-order valence-electron chi connectivity index (χ3n) is 5.40. The minimum Gasteiger partial charge on any atom is -0.399 e. The molecule has 0 saturated heterocycles. The van der Waals surface area contributed by atoms with Gasteiger partial charge in [0.05, 0.1) is 29.0 Å². The molecule has 2 aliphatic carbocycles. The van der Waals surface area contributed by atoms with Crippen molar-refractivity contribution >= 4 is 0 Å². The molecule has 0 fully saturated rings. The van der Waals surface area contributed by atoms with Gasteiger partial charge in [-0.25, -0.2) is 0 Å². The summed E-state index contributed by atoms with van der Waals surface area (Å²) in [5.41, 5.74) is 3.35. The van der Waals surface area contributed by atoms with Crippen LogP contribution in [-0.4, -0.2) is 0 Å². The van der Waals surface area contributed by atoms with Crippen LogP contribution < -0.4 is 5.73 Å². The van der Waals surface area contributed by atoms with Crippen LogP contribution in [0.1, 0.15) is 36.3 Å². The van der Waals surface area contributed by atoms with E-state index in [2.05, 4.69) is 0 Å². The van der Waals surface area contributed by atoms with Gasteiger partial charge >= 0.3 is 6.18 Å². The van der Waals surface area contributed by atoms with Gasteiger partial charge in [0.1, 0.15) is 6.07 Å². The second kappa shape index (κ2) is 6.49. The first-order chi connectivity index (χ1) is 12.8. The molecule has 7 heteroatoms. The third-order valence-corrected chi connectivity index (χ3v) is 5.40. The smallest absolute Gasteiger partial charge is 0.399 e. The van der Waals surface area contributed by atoms with E-state index in [1.54, 1.807) is 6.08 Å². The molecule has 1 aromatic rings. The maximum atomic E-state index is 13.7. The van der Waals surface area contributed by atoms with Crippen LogP contribution in [0, 0.1) is 45.3 Å². The summed E-state index contributed by atoms with van der Waals surface area (Å²) in [7, 11) is 0. The van der Waals surface area contributed by atoms with E-state index in [0.717, 1.165) is 6.07 Å². The normalized spacial score (nSPS) is 24.1. The molecule has 0 radical (unpaired) electrons. The molecule has 136 valence electrons. The highest BCUT2D eigenvalue weighted by Crippen LogP contribution is 2.57. The lowest BCUT2D eigenvalue weighted by Crippen LogP contribution is -2.43. The van der Waals surface area contributed by atoms with Gasteiger partial charge < -0.3 is 5.73 Å². The molecule has 2 aliphatic rings. The van der Waals surface area contributed by atoms with Gasteiger partial charge in [-0.15, -0.1) is 0 Å². The van der Waals surface area contributed by atoms with E-state index in [1.165, 1.54) is 18.2 Å². The fourth-order valence-electron chi connectivity index (χ4n) is 4.24. The number of nitrogens with two attached hydrogens (primary N) is 1. The Labute approximate surface area is 154 Å². The number of nitriles is 3. The van der Waals surface area contributed by atoms with E-state index in [4.69, 9.17) is 5.73 Å². The largest absolute Gasteiger partial charge is 0.416 e. The number of halogens is 3. The number of hydrogen-bond acceptors (Lipinski definition) is 4. The van der Waals surface area contributed by atoms with Gasteiger partial charge in [0.25, 0.3) is 0 Å². The molecule has 4 nitrogen and oxygen atoms in total. The van der Waals surface area contributed by atoms with Crippen LogP contribution in [0.5, 0.6) is 0 Å². The van der Waals surface area contributed by atoms with Crippen LogP contribution in [0.4, 0.5) is 13.2 Å². The first kappa shape index (κ1) is 18.5. The molecule has 0 aliphatic heterocycles. The zero-order valence-electron chi connectivity index (χ0n) is 14.2. The quantitative estimate of drug-likeness (QED) is 0.799. The molecular weight excluding hydrogens is 353 g/mol. The Morgan fingerprint density at radius 2 is 1.78 bits per heavy atom. The van der Waals surface area contributed by atoms with E-state index < -0.39 is 29.0 Å². The lowest BCUT2D eigenvalue weighted by atomic mass is 9.56. The third kappa shape index (κ3) is 2.66. The highest BCUT2D eigenvalue weighted by atomic mass is 19.4. The number of rotatable bonds is 1. The lowest BCUT2D eigenvalue weighted by Gasteiger charge is -2.44. The standard InChI is InChI=1S/C20H15F3N4/c21-20(22,23)16-8-4-3-7-14(16)17-13-6-2-1-5-12(13)15(9-24)18(27)19(17,10-25)11-26/h3-5,7-8,13,17H,1-2,6,27H2/t13-,17+/m0/s1. The Kier molecular flexibility index (Phi) is 4.46. The molecule has 0 spiro atoms. The summed E-state index contributed by atoms with van der Waals surface area (Å²) in [5.74, 6) is -1.66. The first-order valence-electron chi connectivity index (χ1n) is 8.41. The van der Waals surface area contributed by atoms with Crippen molar-refractivity contribution < 1.29 is 13.2 Å².